The topological polar surface area (TPSA) is 82.1 Å². The van der Waals surface area contributed by atoms with Gasteiger partial charge in [-0.2, -0.15) is 0 Å². The third-order valence-electron chi connectivity index (χ3n) is 2.98. The maximum atomic E-state index is 10.8. The first-order chi connectivity index (χ1) is 11.1. The van der Waals surface area contributed by atoms with E-state index < -0.39 is 4.92 Å². The van der Waals surface area contributed by atoms with E-state index in [0.29, 0.717) is 21.9 Å². The smallest absolute Gasteiger partial charge is 0.277 e. The largest absolute Gasteiger partial charge is 0.411 e. The lowest BCUT2D eigenvalue weighted by atomic mass is 10.2. The van der Waals surface area contributed by atoms with Gasteiger partial charge >= 0.3 is 0 Å². The Hall–Kier alpha value is -2.38. The van der Waals surface area contributed by atoms with Crippen LogP contribution in [0.3, 0.4) is 0 Å². The number of nitro benzene ring substituents is 1. The Bertz CT molecular complexity index is 836. The van der Waals surface area contributed by atoms with E-state index in [0.717, 1.165) is 11.1 Å². The van der Waals surface area contributed by atoms with Crippen LogP contribution < -0.4 is 0 Å². The van der Waals surface area contributed by atoms with Crippen molar-refractivity contribution in [1.82, 2.24) is 10.2 Å². The summed E-state index contributed by atoms with van der Waals surface area (Å²) in [5, 5.41) is 19.7. The van der Waals surface area contributed by atoms with Crippen LogP contribution in [0.15, 0.2) is 58.2 Å². The van der Waals surface area contributed by atoms with Crippen molar-refractivity contribution in [2.75, 3.05) is 0 Å². The van der Waals surface area contributed by atoms with Crippen LogP contribution in [0.1, 0.15) is 5.56 Å². The minimum Gasteiger partial charge on any atom is -0.411 e. The molecule has 0 aliphatic rings. The summed E-state index contributed by atoms with van der Waals surface area (Å²) in [5.74, 6) is 0.910. The Balaban J connectivity index is 1.69. The minimum absolute atomic E-state index is 0.0653. The van der Waals surface area contributed by atoms with Crippen molar-refractivity contribution in [2.24, 2.45) is 0 Å². The molecule has 0 N–H and O–H groups in total. The second kappa shape index (κ2) is 6.80. The number of hydrogen-bond donors (Lipinski definition) is 0. The average molecular weight is 348 g/mol. The van der Waals surface area contributed by atoms with Crippen molar-refractivity contribution < 1.29 is 9.34 Å². The van der Waals surface area contributed by atoms with Gasteiger partial charge in [-0.25, -0.2) is 0 Å². The van der Waals surface area contributed by atoms with E-state index in [1.165, 1.54) is 23.9 Å². The van der Waals surface area contributed by atoms with Crippen LogP contribution in [-0.4, -0.2) is 15.1 Å². The molecule has 3 aromatic rings. The third-order valence-corrected chi connectivity index (χ3v) is 4.12. The summed E-state index contributed by atoms with van der Waals surface area (Å²) < 4.78 is 5.57. The monoisotopic (exact) mass is 347 g/mol. The molecule has 0 fully saturated rings. The van der Waals surface area contributed by atoms with Gasteiger partial charge in [-0.05, 0) is 29.8 Å². The molecule has 1 aromatic heterocycles. The molecule has 0 aliphatic carbocycles. The highest BCUT2D eigenvalue weighted by Gasteiger charge is 2.11. The summed E-state index contributed by atoms with van der Waals surface area (Å²) in [4.78, 5) is 10.3. The molecule has 0 saturated heterocycles. The van der Waals surface area contributed by atoms with Gasteiger partial charge in [0.2, 0.25) is 5.89 Å². The molecule has 1 heterocycles. The maximum absolute atomic E-state index is 10.8. The Morgan fingerprint density at radius 1 is 1.17 bits per heavy atom. The zero-order valence-electron chi connectivity index (χ0n) is 11.7. The quantitative estimate of drug-likeness (QED) is 0.381. The zero-order chi connectivity index (χ0) is 16.2. The van der Waals surface area contributed by atoms with Crippen LogP contribution in [0, 0.1) is 10.1 Å². The zero-order valence-corrected chi connectivity index (χ0v) is 13.3. The number of rotatable bonds is 5. The lowest BCUT2D eigenvalue weighted by molar-refractivity contribution is -0.384. The van der Waals surface area contributed by atoms with Crippen molar-refractivity contribution in [3.8, 4) is 11.5 Å². The first kappa shape index (κ1) is 15.5. The predicted molar refractivity (Wildman–Crippen MR) is 87.4 cm³/mol. The summed E-state index contributed by atoms with van der Waals surface area (Å²) in [7, 11) is 0. The molecule has 0 radical (unpaired) electrons. The molecule has 0 spiro atoms. The van der Waals surface area contributed by atoms with E-state index in [-0.39, 0.29) is 5.69 Å². The lowest BCUT2D eigenvalue weighted by Gasteiger charge is -1.98. The van der Waals surface area contributed by atoms with Crippen molar-refractivity contribution in [1.29, 1.82) is 0 Å². The van der Waals surface area contributed by atoms with Gasteiger partial charge in [0.15, 0.2) is 0 Å². The fourth-order valence-electron chi connectivity index (χ4n) is 1.88. The summed E-state index contributed by atoms with van der Waals surface area (Å²) in [6.45, 7) is 0. The molecule has 0 amide bonds. The average Bonchev–Trinajstić information content (AvgIpc) is 3.03. The summed E-state index contributed by atoms with van der Waals surface area (Å²) in [6.07, 6.45) is 0. The van der Waals surface area contributed by atoms with E-state index in [9.17, 15) is 10.1 Å². The molecule has 0 unspecified atom stereocenters. The number of non-ortho nitro benzene ring substituents is 1. The highest BCUT2D eigenvalue weighted by Crippen LogP contribution is 2.27. The van der Waals surface area contributed by atoms with Crippen LogP contribution in [-0.2, 0) is 5.75 Å². The van der Waals surface area contributed by atoms with Crippen LogP contribution in [0.4, 0.5) is 5.69 Å². The molecule has 6 nitrogen and oxygen atoms in total. The number of nitro groups is 1. The second-order valence-corrected chi connectivity index (χ2v) is 5.96. The molecular weight excluding hydrogens is 338 g/mol. The Morgan fingerprint density at radius 3 is 2.70 bits per heavy atom. The van der Waals surface area contributed by atoms with Gasteiger partial charge in [0, 0.05) is 28.5 Å². The number of halogens is 1. The van der Waals surface area contributed by atoms with E-state index in [4.69, 9.17) is 16.0 Å². The molecule has 0 aliphatic heterocycles. The fraction of sp³-hybridized carbons (Fsp3) is 0.0667. The molecular formula is C15H10ClN3O3S. The standard InChI is InChI=1S/C15H10ClN3O3S/c16-12-6-4-11(5-7-12)14-17-18-15(22-14)23-9-10-2-1-3-13(8-10)19(20)21/h1-8H,9H2. The van der Waals surface area contributed by atoms with Crippen molar-refractivity contribution in [3.63, 3.8) is 0 Å². The van der Waals surface area contributed by atoms with Crippen molar-refractivity contribution >= 4 is 29.1 Å². The van der Waals surface area contributed by atoms with Crippen LogP contribution >= 0.6 is 23.4 Å². The SMILES string of the molecule is O=[N+]([O-])c1cccc(CSc2nnc(-c3ccc(Cl)cc3)o2)c1. The molecule has 0 bridgehead atoms. The summed E-state index contributed by atoms with van der Waals surface area (Å²) >= 11 is 7.16. The van der Waals surface area contributed by atoms with Gasteiger partial charge in [0.1, 0.15) is 0 Å². The molecule has 8 heteroatoms. The van der Waals surface area contributed by atoms with E-state index in [1.807, 2.05) is 6.07 Å². The van der Waals surface area contributed by atoms with Gasteiger partial charge < -0.3 is 4.42 Å². The minimum atomic E-state index is -0.417. The fourth-order valence-corrected chi connectivity index (χ4v) is 2.71. The van der Waals surface area contributed by atoms with Crippen LogP contribution in [0.5, 0.6) is 0 Å². The number of aromatic nitrogens is 2. The summed E-state index contributed by atoms with van der Waals surface area (Å²) in [5.41, 5.74) is 1.66. The normalized spacial score (nSPS) is 10.7. The van der Waals surface area contributed by atoms with Crippen molar-refractivity contribution in [3.05, 3.63) is 69.2 Å². The number of benzene rings is 2. The highest BCUT2D eigenvalue weighted by atomic mass is 35.5. The lowest BCUT2D eigenvalue weighted by Crippen LogP contribution is -1.89. The molecule has 3 rings (SSSR count). The molecule has 23 heavy (non-hydrogen) atoms. The molecule has 116 valence electrons. The number of thioether (sulfide) groups is 1. The van der Waals surface area contributed by atoms with Gasteiger partial charge in [0.05, 0.1) is 4.92 Å². The maximum Gasteiger partial charge on any atom is 0.277 e. The molecule has 2 aromatic carbocycles. The molecule has 0 saturated carbocycles. The molecule has 0 atom stereocenters. The van der Waals surface area contributed by atoms with Crippen molar-refractivity contribution in [2.45, 2.75) is 11.0 Å². The second-order valence-electron chi connectivity index (χ2n) is 4.60. The van der Waals surface area contributed by atoms with Gasteiger partial charge in [-0.3, -0.25) is 10.1 Å². The van der Waals surface area contributed by atoms with E-state index in [2.05, 4.69) is 10.2 Å². The first-order valence-electron chi connectivity index (χ1n) is 6.57. The Kier molecular flexibility index (Phi) is 4.59. The predicted octanol–water partition coefficient (Wildman–Crippen LogP) is 4.59. The van der Waals surface area contributed by atoms with Gasteiger partial charge in [-0.1, -0.05) is 35.5 Å². The third kappa shape index (κ3) is 3.88. The van der Waals surface area contributed by atoms with E-state index in [1.54, 1.807) is 30.3 Å². The van der Waals surface area contributed by atoms with E-state index >= 15 is 0 Å². The number of hydrogen-bond acceptors (Lipinski definition) is 6. The van der Waals surface area contributed by atoms with Crippen LogP contribution in [0.2, 0.25) is 5.02 Å². The van der Waals surface area contributed by atoms with Crippen LogP contribution in [0.25, 0.3) is 11.5 Å². The van der Waals surface area contributed by atoms with Gasteiger partial charge in [0.25, 0.3) is 10.9 Å². The highest BCUT2D eigenvalue weighted by molar-refractivity contribution is 7.98. The first-order valence-corrected chi connectivity index (χ1v) is 7.94. The number of nitrogens with zero attached hydrogens (tertiary/aromatic N) is 3. The Labute approximate surface area is 140 Å². The van der Waals surface area contributed by atoms with Gasteiger partial charge in [-0.15, -0.1) is 10.2 Å². The summed E-state index contributed by atoms with van der Waals surface area (Å²) in [6, 6.07) is 13.5. The Morgan fingerprint density at radius 2 is 1.96 bits per heavy atom.